The van der Waals surface area contributed by atoms with Crippen molar-refractivity contribution in [1.82, 2.24) is 4.90 Å². The molecule has 0 radical (unpaired) electrons. The standard InChI is InChI=1S/C21H20F3NO4/c22-15-4-7-17(8-5-15)28-10-11-29-20(27)12-16-6-9-19(26)25(16)13-14-2-1-3-18(23)21(14)24/h1-5,7-8,16H,6,9-13H2. The smallest absolute Gasteiger partial charge is 0.307 e. The van der Waals surface area contributed by atoms with Crippen LogP contribution in [0.4, 0.5) is 13.2 Å². The highest BCUT2D eigenvalue weighted by Gasteiger charge is 2.33. The lowest BCUT2D eigenvalue weighted by molar-refractivity contribution is -0.146. The van der Waals surface area contributed by atoms with Crippen LogP contribution in [0.1, 0.15) is 24.8 Å². The van der Waals surface area contributed by atoms with Crippen LogP contribution in [0.3, 0.4) is 0 Å². The quantitative estimate of drug-likeness (QED) is 0.496. The first kappa shape index (κ1) is 20.7. The molecule has 1 fully saturated rings. The van der Waals surface area contributed by atoms with E-state index in [0.29, 0.717) is 12.2 Å². The minimum atomic E-state index is -0.994. The average molecular weight is 407 g/mol. The molecule has 5 nitrogen and oxygen atoms in total. The zero-order valence-electron chi connectivity index (χ0n) is 15.6. The van der Waals surface area contributed by atoms with Crippen molar-refractivity contribution < 1.29 is 32.2 Å². The monoisotopic (exact) mass is 407 g/mol. The third kappa shape index (κ3) is 5.49. The van der Waals surface area contributed by atoms with Crippen LogP contribution in [0.25, 0.3) is 0 Å². The zero-order valence-corrected chi connectivity index (χ0v) is 15.6. The van der Waals surface area contributed by atoms with Gasteiger partial charge in [-0.05, 0) is 36.8 Å². The maximum atomic E-state index is 13.9. The molecule has 0 aliphatic carbocycles. The first-order valence-corrected chi connectivity index (χ1v) is 9.20. The van der Waals surface area contributed by atoms with Crippen LogP contribution in [-0.4, -0.2) is 36.0 Å². The van der Waals surface area contributed by atoms with Crippen LogP contribution in [0, 0.1) is 17.5 Å². The second-order valence-corrected chi connectivity index (χ2v) is 6.65. The summed E-state index contributed by atoms with van der Waals surface area (Å²) in [7, 11) is 0. The van der Waals surface area contributed by atoms with Crippen molar-refractivity contribution in [1.29, 1.82) is 0 Å². The largest absolute Gasteiger partial charge is 0.490 e. The van der Waals surface area contributed by atoms with E-state index in [4.69, 9.17) is 9.47 Å². The Labute approximate surface area is 166 Å². The molecule has 1 atom stereocenters. The van der Waals surface area contributed by atoms with E-state index < -0.39 is 23.6 Å². The Morgan fingerprint density at radius 1 is 1.07 bits per heavy atom. The SMILES string of the molecule is O=C(CC1CCC(=O)N1Cc1cccc(F)c1F)OCCOc1ccc(F)cc1. The summed E-state index contributed by atoms with van der Waals surface area (Å²) in [6.45, 7) is -0.0113. The van der Waals surface area contributed by atoms with Gasteiger partial charge in [0.15, 0.2) is 11.6 Å². The van der Waals surface area contributed by atoms with Gasteiger partial charge in [-0.25, -0.2) is 13.2 Å². The first-order valence-electron chi connectivity index (χ1n) is 9.20. The number of amides is 1. The van der Waals surface area contributed by atoms with Crippen LogP contribution < -0.4 is 4.74 Å². The number of benzene rings is 2. The predicted molar refractivity (Wildman–Crippen MR) is 97.4 cm³/mol. The summed E-state index contributed by atoms with van der Waals surface area (Å²) in [5, 5.41) is 0. The molecule has 0 N–H and O–H groups in total. The van der Waals surface area contributed by atoms with Crippen molar-refractivity contribution in [3.05, 3.63) is 65.5 Å². The molecule has 1 unspecified atom stereocenters. The Balaban J connectivity index is 1.47. The van der Waals surface area contributed by atoms with Gasteiger partial charge < -0.3 is 14.4 Å². The topological polar surface area (TPSA) is 55.8 Å². The molecule has 3 rings (SSSR count). The molecule has 0 aromatic heterocycles. The summed E-state index contributed by atoms with van der Waals surface area (Å²) < 4.78 is 50.6. The molecule has 1 aliphatic rings. The number of ether oxygens (including phenoxy) is 2. The van der Waals surface area contributed by atoms with Gasteiger partial charge >= 0.3 is 5.97 Å². The summed E-state index contributed by atoms with van der Waals surface area (Å²) in [4.78, 5) is 25.6. The second kappa shape index (κ2) is 9.45. The van der Waals surface area contributed by atoms with E-state index in [0.717, 1.165) is 6.07 Å². The molecule has 2 aromatic rings. The lowest BCUT2D eigenvalue weighted by atomic mass is 10.1. The predicted octanol–water partition coefficient (Wildman–Crippen LogP) is 3.61. The summed E-state index contributed by atoms with van der Waals surface area (Å²) in [5.74, 6) is -2.63. The molecule has 1 amide bonds. The Morgan fingerprint density at radius 2 is 1.83 bits per heavy atom. The van der Waals surface area contributed by atoms with E-state index in [9.17, 15) is 22.8 Å². The number of carbonyl (C=O) groups excluding carboxylic acids is 2. The molecule has 2 aromatic carbocycles. The highest BCUT2D eigenvalue weighted by Crippen LogP contribution is 2.25. The minimum Gasteiger partial charge on any atom is -0.490 e. The number of halogens is 3. The summed E-state index contributed by atoms with van der Waals surface area (Å²) >= 11 is 0. The van der Waals surface area contributed by atoms with Gasteiger partial charge in [0.25, 0.3) is 0 Å². The third-order valence-electron chi connectivity index (χ3n) is 4.66. The van der Waals surface area contributed by atoms with Gasteiger partial charge in [-0.1, -0.05) is 12.1 Å². The van der Waals surface area contributed by atoms with Crippen molar-refractivity contribution in [2.45, 2.75) is 31.8 Å². The highest BCUT2D eigenvalue weighted by atomic mass is 19.2. The van der Waals surface area contributed by atoms with Gasteiger partial charge in [0.2, 0.25) is 5.91 Å². The van der Waals surface area contributed by atoms with Gasteiger partial charge in [-0.15, -0.1) is 0 Å². The molecule has 1 aliphatic heterocycles. The number of hydrogen-bond donors (Lipinski definition) is 0. The number of rotatable bonds is 8. The molecule has 29 heavy (non-hydrogen) atoms. The Hall–Kier alpha value is -3.03. The van der Waals surface area contributed by atoms with E-state index >= 15 is 0 Å². The first-order chi connectivity index (χ1) is 13.9. The van der Waals surface area contributed by atoms with Crippen molar-refractivity contribution in [2.75, 3.05) is 13.2 Å². The Morgan fingerprint density at radius 3 is 2.59 bits per heavy atom. The van der Waals surface area contributed by atoms with Crippen LogP contribution in [0.2, 0.25) is 0 Å². The minimum absolute atomic E-state index is 0.00456. The van der Waals surface area contributed by atoms with Gasteiger partial charge in [0, 0.05) is 24.6 Å². The Kier molecular flexibility index (Phi) is 6.74. The normalized spacial score (nSPS) is 16.2. The third-order valence-corrected chi connectivity index (χ3v) is 4.66. The van der Waals surface area contributed by atoms with Gasteiger partial charge in [0.05, 0.1) is 6.42 Å². The summed E-state index contributed by atoms with van der Waals surface area (Å²) in [6, 6.07) is 8.80. The number of likely N-dealkylation sites (tertiary alicyclic amines) is 1. The van der Waals surface area contributed by atoms with Crippen molar-refractivity contribution in [3.63, 3.8) is 0 Å². The van der Waals surface area contributed by atoms with Crippen LogP contribution in [0.15, 0.2) is 42.5 Å². The molecule has 154 valence electrons. The lowest BCUT2D eigenvalue weighted by Gasteiger charge is -2.24. The van der Waals surface area contributed by atoms with Gasteiger partial charge in [-0.3, -0.25) is 9.59 Å². The van der Waals surface area contributed by atoms with Crippen LogP contribution in [0.5, 0.6) is 5.75 Å². The molecule has 0 spiro atoms. The van der Waals surface area contributed by atoms with E-state index in [1.807, 2.05) is 0 Å². The van der Waals surface area contributed by atoms with Crippen molar-refractivity contribution in [2.24, 2.45) is 0 Å². The Bertz CT molecular complexity index is 873. The molecule has 1 saturated heterocycles. The fourth-order valence-corrected chi connectivity index (χ4v) is 3.17. The van der Waals surface area contributed by atoms with Crippen molar-refractivity contribution in [3.8, 4) is 5.75 Å². The lowest BCUT2D eigenvalue weighted by Crippen LogP contribution is -2.35. The fraction of sp³-hybridized carbons (Fsp3) is 0.333. The molecular formula is C21H20F3NO4. The maximum absolute atomic E-state index is 13.9. The van der Waals surface area contributed by atoms with Gasteiger partial charge in [0.1, 0.15) is 24.8 Å². The number of carbonyl (C=O) groups is 2. The second-order valence-electron chi connectivity index (χ2n) is 6.65. The number of hydrogen-bond acceptors (Lipinski definition) is 4. The van der Waals surface area contributed by atoms with Crippen LogP contribution in [-0.2, 0) is 20.9 Å². The highest BCUT2D eigenvalue weighted by molar-refractivity contribution is 5.80. The van der Waals surface area contributed by atoms with E-state index in [-0.39, 0.29) is 49.9 Å². The molecule has 0 saturated carbocycles. The fourth-order valence-electron chi connectivity index (χ4n) is 3.17. The summed E-state index contributed by atoms with van der Waals surface area (Å²) in [6.07, 6.45) is 0.638. The van der Waals surface area contributed by atoms with Gasteiger partial charge in [-0.2, -0.15) is 0 Å². The zero-order chi connectivity index (χ0) is 20.8. The maximum Gasteiger partial charge on any atom is 0.307 e. The van der Waals surface area contributed by atoms with Crippen molar-refractivity contribution >= 4 is 11.9 Å². The number of nitrogens with zero attached hydrogens (tertiary/aromatic N) is 1. The molecule has 1 heterocycles. The van der Waals surface area contributed by atoms with Crippen LogP contribution >= 0.6 is 0 Å². The molecular weight excluding hydrogens is 387 g/mol. The summed E-state index contributed by atoms with van der Waals surface area (Å²) in [5.41, 5.74) is 0.0614. The average Bonchev–Trinajstić information content (AvgIpc) is 3.03. The molecule has 0 bridgehead atoms. The number of esters is 1. The van der Waals surface area contributed by atoms with E-state index in [1.54, 1.807) is 0 Å². The van der Waals surface area contributed by atoms with E-state index in [2.05, 4.69) is 0 Å². The molecule has 8 heteroatoms. The van der Waals surface area contributed by atoms with E-state index in [1.165, 1.54) is 41.3 Å².